The summed E-state index contributed by atoms with van der Waals surface area (Å²) >= 11 is 0. The zero-order valence-corrected chi connectivity index (χ0v) is 19.0. The van der Waals surface area contributed by atoms with Gasteiger partial charge in [0.1, 0.15) is 11.4 Å². The van der Waals surface area contributed by atoms with Crippen LogP contribution in [-0.2, 0) is 18.8 Å². The van der Waals surface area contributed by atoms with E-state index in [4.69, 9.17) is 20.2 Å². The number of carbonyl (C=O) groups excluding carboxylic acids is 1. The van der Waals surface area contributed by atoms with Gasteiger partial charge in [-0.3, -0.25) is 4.79 Å². The van der Waals surface area contributed by atoms with Crippen LogP contribution in [0, 0.1) is 0 Å². The van der Waals surface area contributed by atoms with E-state index in [-0.39, 0.29) is 24.9 Å². The van der Waals surface area contributed by atoms with Gasteiger partial charge in [0.15, 0.2) is 0 Å². The van der Waals surface area contributed by atoms with Gasteiger partial charge >= 0.3 is 13.1 Å². The van der Waals surface area contributed by atoms with E-state index in [9.17, 15) is 4.79 Å². The Morgan fingerprint density at radius 3 is 2.38 bits per heavy atom. The Morgan fingerprint density at radius 2 is 1.86 bits per heavy atom. The quantitative estimate of drug-likeness (QED) is 0.526. The van der Waals surface area contributed by atoms with Crippen LogP contribution in [0.5, 0.6) is 5.75 Å². The zero-order valence-electron chi connectivity index (χ0n) is 20.0. The Morgan fingerprint density at radius 1 is 1.24 bits per heavy atom. The van der Waals surface area contributed by atoms with Crippen molar-refractivity contribution in [1.82, 2.24) is 0 Å². The number of carbonyl (C=O) groups is 1. The highest BCUT2D eigenvalue weighted by Gasteiger charge is 2.52. The summed E-state index contributed by atoms with van der Waals surface area (Å²) in [5.41, 5.74) is 0.234. The van der Waals surface area contributed by atoms with Gasteiger partial charge < -0.3 is 23.9 Å². The van der Waals surface area contributed by atoms with E-state index in [1.165, 1.54) is 0 Å². The van der Waals surface area contributed by atoms with E-state index in [0.717, 1.165) is 11.0 Å². The number of aliphatic hydroxyl groups is 1. The second kappa shape index (κ2) is 8.66. The number of hydrogen-bond donors (Lipinski definition) is 1. The number of ether oxygens (including phenoxy) is 2. The van der Waals surface area contributed by atoms with Gasteiger partial charge in [-0.05, 0) is 66.5 Å². The molecule has 1 atom stereocenters. The monoisotopic (exact) mass is 408 g/mol. The van der Waals surface area contributed by atoms with Gasteiger partial charge in [0.05, 0.1) is 18.3 Å². The number of aliphatic hydroxyl groups excluding tert-OH is 1. The number of esters is 1. The summed E-state index contributed by atoms with van der Waals surface area (Å²) in [4.78, 5) is 12.1. The third kappa shape index (κ3) is 5.74. The first-order chi connectivity index (χ1) is 13.8. The smallest absolute Gasteiger partial charge is 0.497 e. The van der Waals surface area contributed by atoms with Crippen LogP contribution in [0.2, 0.25) is 0 Å². The lowest BCUT2D eigenvalue weighted by Gasteiger charge is -2.32. The minimum absolute atomic E-state index is 0.151. The highest BCUT2D eigenvalue weighted by molar-refractivity contribution is 6.63. The number of hydrogen-bond acceptors (Lipinski definition) is 6. The lowest BCUT2D eigenvalue weighted by molar-refractivity contribution is -0.155. The Kier molecular flexibility index (Phi) is 6.61. The third-order valence-electron chi connectivity index (χ3n) is 5.55. The summed E-state index contributed by atoms with van der Waals surface area (Å²) in [6.07, 6.45) is 0.742. The van der Waals surface area contributed by atoms with Gasteiger partial charge in [-0.15, -0.1) is 0 Å². The van der Waals surface area contributed by atoms with Crippen molar-refractivity contribution >= 4 is 18.6 Å². The van der Waals surface area contributed by atoms with Crippen molar-refractivity contribution in [3.63, 3.8) is 0 Å². The Hall–Kier alpha value is -1.57. The van der Waals surface area contributed by atoms with Crippen LogP contribution in [0.25, 0.3) is 0 Å². The Labute approximate surface area is 176 Å². The molecule has 1 aliphatic rings. The fourth-order valence-corrected chi connectivity index (χ4v) is 3.19. The van der Waals surface area contributed by atoms with Crippen LogP contribution in [0.3, 0.4) is 0 Å². The van der Waals surface area contributed by atoms with Crippen molar-refractivity contribution in [2.75, 3.05) is 13.7 Å². The molecule has 0 bridgehead atoms. The topological polar surface area (TPSA) is 74.2 Å². The van der Waals surface area contributed by atoms with Gasteiger partial charge in [0, 0.05) is 24.4 Å². The van der Waals surface area contributed by atoms with Crippen LogP contribution in [0.4, 0.5) is 0 Å². The molecule has 0 radical (unpaired) electrons. The van der Waals surface area contributed by atoms with Gasteiger partial charge in [0.25, 0.3) is 0 Å². The van der Waals surface area contributed by atoms with Gasteiger partial charge in [-0.25, -0.2) is 0 Å². The molecule has 2 rings (SSSR count). The highest BCUT2D eigenvalue weighted by Crippen LogP contribution is 2.37. The van der Waals surface area contributed by atoms with E-state index in [1.807, 2.05) is 66.7 Å². The van der Waals surface area contributed by atoms with E-state index >= 15 is 0 Å². The largest absolute Gasteiger partial charge is 0.498 e. The molecule has 0 aliphatic carbocycles. The van der Waals surface area contributed by atoms with Crippen molar-refractivity contribution < 1.29 is 28.7 Å². The van der Waals surface area contributed by atoms with E-state index < -0.39 is 23.9 Å². The van der Waals surface area contributed by atoms with Gasteiger partial charge in [-0.1, -0.05) is 12.1 Å². The maximum atomic E-state index is 12.1. The SMILES string of the molecule is [3H]OC[C@@H](CCC(=O)OC(C)(C)C)c1ccc(OC)c(B2OC(C)(C)C(C)(C)O2)c1. The second-order valence-electron chi connectivity index (χ2n) is 9.58. The summed E-state index contributed by atoms with van der Waals surface area (Å²) in [5, 5.41) is 4.68. The molecule has 1 aromatic carbocycles. The molecule has 0 spiro atoms. The molecule has 1 N–H and O–H groups in total. The van der Waals surface area contributed by atoms with Crippen molar-refractivity contribution in [2.24, 2.45) is 0 Å². The predicted molar refractivity (Wildman–Crippen MR) is 114 cm³/mol. The van der Waals surface area contributed by atoms with Crippen molar-refractivity contribution in [2.45, 2.75) is 84.0 Å². The number of rotatable bonds is 8. The maximum absolute atomic E-state index is 12.1. The minimum atomic E-state index is -0.576. The van der Waals surface area contributed by atoms with Crippen molar-refractivity contribution in [3.8, 4) is 5.75 Å². The van der Waals surface area contributed by atoms with Crippen LogP contribution in [0.15, 0.2) is 18.2 Å². The maximum Gasteiger partial charge on any atom is 0.498 e. The van der Waals surface area contributed by atoms with Crippen molar-refractivity contribution in [1.29, 1.82) is 1.43 Å². The second-order valence-corrected chi connectivity index (χ2v) is 9.58. The first-order valence-corrected chi connectivity index (χ1v) is 10.1. The van der Waals surface area contributed by atoms with Crippen molar-refractivity contribution in [3.05, 3.63) is 23.8 Å². The fraction of sp³-hybridized carbons (Fsp3) is 0.682. The van der Waals surface area contributed by atoms with Gasteiger partial charge in [0.2, 0.25) is 1.43 Å². The summed E-state index contributed by atoms with van der Waals surface area (Å²) in [5.74, 6) is 0.245. The molecule has 1 saturated heterocycles. The number of methoxy groups -OCH3 is 1. The summed E-state index contributed by atoms with van der Waals surface area (Å²) in [7, 11) is 1.03. The van der Waals surface area contributed by atoms with Gasteiger partial charge in [-0.2, -0.15) is 0 Å². The van der Waals surface area contributed by atoms with E-state index in [1.54, 1.807) is 7.11 Å². The predicted octanol–water partition coefficient (Wildman–Crippen LogP) is 3.19. The van der Waals surface area contributed by atoms with Crippen LogP contribution in [-0.4, -0.2) is 50.1 Å². The molecule has 0 amide bonds. The van der Waals surface area contributed by atoms with Crippen LogP contribution < -0.4 is 10.2 Å². The average Bonchev–Trinajstić information content (AvgIpc) is 2.84. The molecule has 1 aliphatic heterocycles. The standard InChI is InChI=1S/C22H35BO6/c1-20(2,3)27-19(25)12-10-16(14-24)15-9-11-18(26-8)17(13-15)23-28-21(4,5)22(6,7)29-23/h9,11,13,16,24H,10,12,14H2,1-8H3/t16-/m1/s1/i24T. The first-order valence-electron chi connectivity index (χ1n) is 10.5. The molecular formula is C22H35BO6. The molecule has 0 saturated carbocycles. The van der Waals surface area contributed by atoms with E-state index in [2.05, 4.69) is 5.11 Å². The Bertz CT molecular complexity index is 728. The molecule has 7 heteroatoms. The Balaban J connectivity index is 2.25. The summed E-state index contributed by atoms with van der Waals surface area (Å²) in [6, 6.07) is 5.74. The molecule has 29 heavy (non-hydrogen) atoms. The first kappa shape index (κ1) is 22.1. The summed E-state index contributed by atoms with van der Waals surface area (Å²) in [6.45, 7) is 13.7. The fourth-order valence-electron chi connectivity index (χ4n) is 3.19. The molecule has 6 nitrogen and oxygen atoms in total. The van der Waals surface area contributed by atoms with Crippen LogP contribution >= 0.6 is 0 Å². The lowest BCUT2D eigenvalue weighted by Crippen LogP contribution is -2.41. The number of benzene rings is 1. The van der Waals surface area contributed by atoms with E-state index in [0.29, 0.717) is 12.2 Å². The molecule has 1 heterocycles. The summed E-state index contributed by atoms with van der Waals surface area (Å²) < 4.78 is 30.6. The highest BCUT2D eigenvalue weighted by atomic mass is 16.7. The molecule has 0 unspecified atom stereocenters. The minimum Gasteiger partial charge on any atom is -0.497 e. The zero-order chi connectivity index (χ0) is 22.7. The average molecular weight is 408 g/mol. The molecule has 1 aromatic rings. The third-order valence-corrected chi connectivity index (χ3v) is 5.55. The molecule has 162 valence electrons. The molecular weight excluding hydrogens is 371 g/mol. The molecule has 1 fully saturated rings. The molecule has 0 aromatic heterocycles. The normalized spacial score (nSPS) is 19.6. The van der Waals surface area contributed by atoms with Crippen LogP contribution in [0.1, 0.15) is 72.8 Å². The lowest BCUT2D eigenvalue weighted by atomic mass is 9.76.